The maximum absolute atomic E-state index is 12.4. The van der Waals surface area contributed by atoms with Crippen LogP contribution in [-0.4, -0.2) is 12.1 Å². The van der Waals surface area contributed by atoms with Crippen LogP contribution >= 0.6 is 11.6 Å². The number of alkyl halides is 3. The minimum atomic E-state index is -4.61. The van der Waals surface area contributed by atoms with Crippen molar-refractivity contribution in [2.24, 2.45) is 0 Å². The van der Waals surface area contributed by atoms with E-state index >= 15 is 0 Å². The van der Waals surface area contributed by atoms with Gasteiger partial charge in [-0.1, -0.05) is 11.6 Å². The highest BCUT2D eigenvalue weighted by Gasteiger charge is 2.38. The summed E-state index contributed by atoms with van der Waals surface area (Å²) in [7, 11) is 1.10. The molecule has 7 heteroatoms. The molecule has 0 aliphatic heterocycles. The van der Waals surface area contributed by atoms with E-state index in [9.17, 15) is 13.2 Å². The molecule has 0 bridgehead atoms. The van der Waals surface area contributed by atoms with Crippen LogP contribution in [-0.2, 0) is 6.18 Å². The molecule has 0 aromatic carbocycles. The maximum atomic E-state index is 12.4. The molecule has 2 N–H and O–H groups in total. The van der Waals surface area contributed by atoms with Crippen molar-refractivity contribution in [2.75, 3.05) is 12.8 Å². The lowest BCUT2D eigenvalue weighted by atomic mass is 10.2. The van der Waals surface area contributed by atoms with Crippen molar-refractivity contribution >= 4 is 17.4 Å². The zero-order valence-electron chi connectivity index (χ0n) is 7.02. The molecule has 3 nitrogen and oxygen atoms in total. The number of halogens is 4. The van der Waals surface area contributed by atoms with E-state index in [2.05, 4.69) is 9.72 Å². The molecule has 0 fully saturated rings. The van der Waals surface area contributed by atoms with E-state index in [-0.39, 0.29) is 5.82 Å². The minimum Gasteiger partial charge on any atom is -0.496 e. The molecule has 0 unspecified atom stereocenters. The van der Waals surface area contributed by atoms with Gasteiger partial charge in [0.2, 0.25) is 0 Å². The van der Waals surface area contributed by atoms with Gasteiger partial charge in [-0.3, -0.25) is 0 Å². The standard InChI is InChI=1S/C7H6ClF3N2O/c1-14-3-2-4(12)13-6(8)5(3)7(9,10)11/h2H,1H3,(H2,12,13). The number of nitrogen functional groups attached to an aromatic ring is 1. The molecular formula is C7H6ClF3N2O. The summed E-state index contributed by atoms with van der Waals surface area (Å²) in [5.74, 6) is -0.560. The van der Waals surface area contributed by atoms with E-state index in [1.807, 2.05) is 0 Å². The molecule has 1 rings (SSSR count). The third-order valence-electron chi connectivity index (χ3n) is 1.46. The number of ether oxygens (including phenoxy) is 1. The molecule has 0 aliphatic carbocycles. The van der Waals surface area contributed by atoms with Crippen molar-refractivity contribution < 1.29 is 17.9 Å². The fourth-order valence-corrected chi connectivity index (χ4v) is 1.23. The van der Waals surface area contributed by atoms with Gasteiger partial charge in [0, 0.05) is 6.07 Å². The summed E-state index contributed by atoms with van der Waals surface area (Å²) in [5.41, 5.74) is 4.09. The van der Waals surface area contributed by atoms with E-state index in [1.165, 1.54) is 0 Å². The average Bonchev–Trinajstić information content (AvgIpc) is 1.99. The fraction of sp³-hybridized carbons (Fsp3) is 0.286. The molecular weight excluding hydrogens is 221 g/mol. The van der Waals surface area contributed by atoms with Crippen LogP contribution in [0.3, 0.4) is 0 Å². The first-order valence-corrected chi connectivity index (χ1v) is 3.81. The lowest BCUT2D eigenvalue weighted by Gasteiger charge is -2.13. The van der Waals surface area contributed by atoms with Crippen molar-refractivity contribution in [2.45, 2.75) is 6.18 Å². The van der Waals surface area contributed by atoms with Gasteiger partial charge >= 0.3 is 6.18 Å². The molecule has 1 aromatic rings. The normalized spacial score (nSPS) is 11.5. The first-order valence-electron chi connectivity index (χ1n) is 3.43. The van der Waals surface area contributed by atoms with E-state index in [0.29, 0.717) is 0 Å². The number of hydrogen-bond donors (Lipinski definition) is 1. The number of nitrogens with zero attached hydrogens (tertiary/aromatic N) is 1. The molecule has 0 atom stereocenters. The van der Waals surface area contributed by atoms with Crippen LogP contribution in [0.4, 0.5) is 19.0 Å². The van der Waals surface area contributed by atoms with Gasteiger partial charge < -0.3 is 10.5 Å². The molecule has 0 saturated carbocycles. The number of hydrogen-bond acceptors (Lipinski definition) is 3. The number of rotatable bonds is 1. The lowest BCUT2D eigenvalue weighted by Crippen LogP contribution is -2.10. The predicted molar refractivity (Wildman–Crippen MR) is 45.2 cm³/mol. The van der Waals surface area contributed by atoms with E-state index in [4.69, 9.17) is 17.3 Å². The van der Waals surface area contributed by atoms with Gasteiger partial charge in [-0.25, -0.2) is 4.98 Å². The zero-order valence-corrected chi connectivity index (χ0v) is 7.78. The van der Waals surface area contributed by atoms with Crippen molar-refractivity contribution in [1.82, 2.24) is 4.98 Å². The van der Waals surface area contributed by atoms with Gasteiger partial charge in [0.1, 0.15) is 22.3 Å². The van der Waals surface area contributed by atoms with Crippen LogP contribution in [0.25, 0.3) is 0 Å². The Labute approximate surface area is 82.6 Å². The zero-order chi connectivity index (χ0) is 10.9. The molecule has 0 aliphatic rings. The lowest BCUT2D eigenvalue weighted by molar-refractivity contribution is -0.138. The highest BCUT2D eigenvalue weighted by atomic mass is 35.5. The number of anilines is 1. The van der Waals surface area contributed by atoms with Crippen LogP contribution in [0.15, 0.2) is 6.07 Å². The maximum Gasteiger partial charge on any atom is 0.422 e. The highest BCUT2D eigenvalue weighted by Crippen LogP contribution is 2.40. The first kappa shape index (κ1) is 10.9. The van der Waals surface area contributed by atoms with E-state index < -0.39 is 22.6 Å². The number of methoxy groups -OCH3 is 1. The molecule has 0 amide bonds. The Morgan fingerprint density at radius 1 is 1.50 bits per heavy atom. The number of nitrogens with two attached hydrogens (primary N) is 1. The largest absolute Gasteiger partial charge is 0.496 e. The van der Waals surface area contributed by atoms with Crippen LogP contribution < -0.4 is 10.5 Å². The first-order chi connectivity index (χ1) is 6.36. The molecule has 0 spiro atoms. The summed E-state index contributed by atoms with van der Waals surface area (Å²) in [6.45, 7) is 0. The van der Waals surface area contributed by atoms with E-state index in [1.54, 1.807) is 0 Å². The van der Waals surface area contributed by atoms with Crippen LogP contribution in [0.2, 0.25) is 5.15 Å². The SMILES string of the molecule is COc1cc(N)nc(Cl)c1C(F)(F)F. The second kappa shape index (κ2) is 3.53. The second-order valence-electron chi connectivity index (χ2n) is 2.41. The predicted octanol–water partition coefficient (Wildman–Crippen LogP) is 2.34. The Hall–Kier alpha value is -1.17. The molecule has 0 saturated heterocycles. The number of pyridine rings is 1. The monoisotopic (exact) mass is 226 g/mol. The summed E-state index contributed by atoms with van der Waals surface area (Å²) in [6.07, 6.45) is -4.61. The van der Waals surface area contributed by atoms with E-state index in [0.717, 1.165) is 13.2 Å². The third kappa shape index (κ3) is 2.01. The summed E-state index contributed by atoms with van der Waals surface area (Å²) < 4.78 is 41.7. The van der Waals surface area contributed by atoms with Crippen molar-refractivity contribution in [1.29, 1.82) is 0 Å². The summed E-state index contributed by atoms with van der Waals surface area (Å²) >= 11 is 5.31. The average molecular weight is 227 g/mol. The highest BCUT2D eigenvalue weighted by molar-refractivity contribution is 6.30. The van der Waals surface area contributed by atoms with Crippen molar-refractivity contribution in [3.05, 3.63) is 16.8 Å². The second-order valence-corrected chi connectivity index (χ2v) is 2.77. The molecule has 0 radical (unpaired) electrons. The Morgan fingerprint density at radius 2 is 2.07 bits per heavy atom. The summed E-state index contributed by atoms with van der Waals surface area (Å²) in [5, 5.41) is -0.714. The van der Waals surface area contributed by atoms with Crippen molar-refractivity contribution in [3.63, 3.8) is 0 Å². The van der Waals surface area contributed by atoms with Crippen LogP contribution in [0.5, 0.6) is 5.75 Å². The quantitative estimate of drug-likeness (QED) is 0.748. The number of aromatic nitrogens is 1. The topological polar surface area (TPSA) is 48.1 Å². The Balaban J connectivity index is 3.40. The Morgan fingerprint density at radius 3 is 2.50 bits per heavy atom. The molecule has 78 valence electrons. The van der Waals surface area contributed by atoms with Gasteiger partial charge in [0.25, 0.3) is 0 Å². The smallest absolute Gasteiger partial charge is 0.422 e. The van der Waals surface area contributed by atoms with Gasteiger partial charge in [-0.15, -0.1) is 0 Å². The minimum absolute atomic E-state index is 0.125. The molecule has 14 heavy (non-hydrogen) atoms. The van der Waals surface area contributed by atoms with Gasteiger partial charge in [0.05, 0.1) is 7.11 Å². The van der Waals surface area contributed by atoms with Crippen LogP contribution in [0, 0.1) is 0 Å². The van der Waals surface area contributed by atoms with Gasteiger partial charge in [-0.2, -0.15) is 13.2 Å². The Bertz CT molecular complexity index is 354. The van der Waals surface area contributed by atoms with Gasteiger partial charge in [-0.05, 0) is 0 Å². The third-order valence-corrected chi connectivity index (χ3v) is 1.74. The molecule has 1 heterocycles. The van der Waals surface area contributed by atoms with Gasteiger partial charge in [0.15, 0.2) is 0 Å². The summed E-state index contributed by atoms with van der Waals surface area (Å²) in [4.78, 5) is 3.29. The fourth-order valence-electron chi connectivity index (χ4n) is 0.927. The van der Waals surface area contributed by atoms with Crippen molar-refractivity contribution in [3.8, 4) is 5.75 Å². The Kier molecular flexibility index (Phi) is 2.75. The summed E-state index contributed by atoms with van der Waals surface area (Å²) in [6, 6.07) is 0.967. The van der Waals surface area contributed by atoms with Crippen LogP contribution in [0.1, 0.15) is 5.56 Å². The molecule has 1 aromatic heterocycles.